The summed E-state index contributed by atoms with van der Waals surface area (Å²) in [5, 5.41) is 0.660. The van der Waals surface area contributed by atoms with Crippen LogP contribution in [0.1, 0.15) is 64.2 Å². The number of amides is 1. The van der Waals surface area contributed by atoms with Gasteiger partial charge in [-0.25, -0.2) is 4.98 Å². The molecule has 0 bridgehead atoms. The van der Waals surface area contributed by atoms with Gasteiger partial charge < -0.3 is 9.47 Å². The van der Waals surface area contributed by atoms with Gasteiger partial charge in [0, 0.05) is 17.6 Å². The minimum Gasteiger partial charge on any atom is -0.335 e. The molecule has 4 nitrogen and oxygen atoms in total. The molecule has 2 fully saturated rings. The molecule has 0 N–H and O–H groups in total. The first kappa shape index (κ1) is 21.5. The third-order valence-electron chi connectivity index (χ3n) is 7.29. The van der Waals surface area contributed by atoms with Crippen LogP contribution >= 0.6 is 11.6 Å². The van der Waals surface area contributed by atoms with Gasteiger partial charge in [0.1, 0.15) is 12.4 Å². The second-order valence-electron chi connectivity index (χ2n) is 9.37. The van der Waals surface area contributed by atoms with Crippen LogP contribution in [-0.2, 0) is 11.3 Å². The first-order chi connectivity index (χ1) is 15.7. The maximum atomic E-state index is 14.0. The third-order valence-corrected chi connectivity index (χ3v) is 7.62. The van der Waals surface area contributed by atoms with Gasteiger partial charge in [-0.2, -0.15) is 0 Å². The summed E-state index contributed by atoms with van der Waals surface area (Å²) in [6, 6.07) is 16.6. The number of para-hydroxylation sites is 2. The SMILES string of the molecule is O=C(Cn1c(-c2ccccc2Cl)nc2ccccc21)N(C1CCCCC1)C1CCCCC1. The van der Waals surface area contributed by atoms with Gasteiger partial charge in [0.25, 0.3) is 0 Å². The van der Waals surface area contributed by atoms with E-state index in [1.807, 2.05) is 42.5 Å². The predicted molar refractivity (Wildman–Crippen MR) is 131 cm³/mol. The molecule has 3 aromatic rings. The number of fused-ring (bicyclic) bond motifs is 1. The fourth-order valence-corrected chi connectivity index (χ4v) is 5.94. The summed E-state index contributed by atoms with van der Waals surface area (Å²) >= 11 is 6.55. The van der Waals surface area contributed by atoms with E-state index in [2.05, 4.69) is 15.5 Å². The van der Waals surface area contributed by atoms with Crippen molar-refractivity contribution in [2.45, 2.75) is 82.8 Å². The van der Waals surface area contributed by atoms with Crippen LogP contribution in [0.25, 0.3) is 22.4 Å². The zero-order chi connectivity index (χ0) is 21.9. The van der Waals surface area contributed by atoms with Crippen LogP contribution in [0.3, 0.4) is 0 Å². The molecule has 1 amide bonds. The van der Waals surface area contributed by atoms with E-state index in [-0.39, 0.29) is 5.91 Å². The number of rotatable bonds is 5. The smallest absolute Gasteiger partial charge is 0.243 e. The largest absolute Gasteiger partial charge is 0.335 e. The van der Waals surface area contributed by atoms with Gasteiger partial charge >= 0.3 is 0 Å². The third kappa shape index (κ3) is 4.30. The molecule has 2 aliphatic rings. The van der Waals surface area contributed by atoms with Crippen LogP contribution in [0.5, 0.6) is 0 Å². The van der Waals surface area contributed by atoms with E-state index < -0.39 is 0 Å². The lowest BCUT2D eigenvalue weighted by Crippen LogP contribution is -2.50. The number of nitrogens with zero attached hydrogens (tertiary/aromatic N) is 3. The van der Waals surface area contributed by atoms with Gasteiger partial charge in [-0.3, -0.25) is 4.79 Å². The zero-order valence-corrected chi connectivity index (χ0v) is 19.4. The Labute approximate surface area is 195 Å². The van der Waals surface area contributed by atoms with Crippen molar-refractivity contribution in [2.75, 3.05) is 0 Å². The van der Waals surface area contributed by atoms with Crippen LogP contribution in [0, 0.1) is 0 Å². The summed E-state index contributed by atoms with van der Waals surface area (Å²) in [5.74, 6) is 1.01. The first-order valence-electron chi connectivity index (χ1n) is 12.2. The van der Waals surface area contributed by atoms with E-state index in [1.54, 1.807) is 0 Å². The molecular formula is C27H32ClN3O. The lowest BCUT2D eigenvalue weighted by atomic mass is 9.88. The molecule has 32 heavy (non-hydrogen) atoms. The standard InChI is InChI=1S/C27H32ClN3O/c28-23-16-8-7-15-22(23)27-29-24-17-9-10-18-25(24)30(27)19-26(32)31(20-11-3-1-4-12-20)21-13-5-2-6-14-21/h7-10,15-18,20-21H,1-6,11-14,19H2. The maximum Gasteiger partial charge on any atom is 0.243 e. The van der Waals surface area contributed by atoms with E-state index in [4.69, 9.17) is 16.6 Å². The quantitative estimate of drug-likeness (QED) is 0.427. The predicted octanol–water partition coefficient (Wildman–Crippen LogP) is 6.85. The highest BCUT2D eigenvalue weighted by Crippen LogP contribution is 2.33. The molecule has 0 radical (unpaired) electrons. The minimum atomic E-state index is 0.236. The van der Waals surface area contributed by atoms with Crippen LogP contribution < -0.4 is 0 Å². The Hall–Kier alpha value is -2.33. The average molecular weight is 450 g/mol. The Balaban J connectivity index is 1.52. The molecule has 0 aliphatic heterocycles. The molecule has 5 heteroatoms. The topological polar surface area (TPSA) is 38.1 Å². The summed E-state index contributed by atoms with van der Waals surface area (Å²) in [7, 11) is 0. The second-order valence-corrected chi connectivity index (χ2v) is 9.78. The van der Waals surface area contributed by atoms with Crippen molar-refractivity contribution in [1.29, 1.82) is 0 Å². The monoisotopic (exact) mass is 449 g/mol. The summed E-state index contributed by atoms with van der Waals surface area (Å²) in [6.07, 6.45) is 12.1. The number of aromatic nitrogens is 2. The molecule has 2 aliphatic carbocycles. The van der Waals surface area contributed by atoms with Gasteiger partial charge in [-0.1, -0.05) is 74.4 Å². The van der Waals surface area contributed by atoms with Crippen molar-refractivity contribution in [3.05, 3.63) is 53.6 Å². The summed E-state index contributed by atoms with van der Waals surface area (Å²) in [4.78, 5) is 21.1. The van der Waals surface area contributed by atoms with Gasteiger partial charge in [0.05, 0.1) is 16.1 Å². The summed E-state index contributed by atoms with van der Waals surface area (Å²) < 4.78 is 2.08. The van der Waals surface area contributed by atoms with Gasteiger partial charge in [-0.15, -0.1) is 0 Å². The number of hydrogen-bond donors (Lipinski definition) is 0. The van der Waals surface area contributed by atoms with Crippen LogP contribution in [-0.4, -0.2) is 32.4 Å². The fourth-order valence-electron chi connectivity index (χ4n) is 5.72. The van der Waals surface area contributed by atoms with Gasteiger partial charge in [0.15, 0.2) is 0 Å². The van der Waals surface area contributed by atoms with Crippen molar-refractivity contribution < 1.29 is 4.79 Å². The van der Waals surface area contributed by atoms with Crippen LogP contribution in [0.15, 0.2) is 48.5 Å². The van der Waals surface area contributed by atoms with Crippen LogP contribution in [0.2, 0.25) is 5.02 Å². The molecule has 168 valence electrons. The molecular weight excluding hydrogens is 418 g/mol. The number of carbonyl (C=O) groups excluding carboxylic acids is 1. The molecule has 5 rings (SSSR count). The van der Waals surface area contributed by atoms with E-state index in [9.17, 15) is 4.79 Å². The number of benzene rings is 2. The van der Waals surface area contributed by atoms with Crippen LogP contribution in [0.4, 0.5) is 0 Å². The Bertz CT molecular complexity index is 1060. The molecule has 2 aromatic carbocycles. The lowest BCUT2D eigenvalue weighted by molar-refractivity contribution is -0.138. The van der Waals surface area contributed by atoms with E-state index >= 15 is 0 Å². The van der Waals surface area contributed by atoms with Gasteiger partial charge in [0.2, 0.25) is 5.91 Å². The van der Waals surface area contributed by atoms with Crippen molar-refractivity contribution in [2.24, 2.45) is 0 Å². The lowest BCUT2D eigenvalue weighted by Gasteiger charge is -2.42. The molecule has 0 atom stereocenters. The highest BCUT2D eigenvalue weighted by molar-refractivity contribution is 6.33. The van der Waals surface area contributed by atoms with E-state index in [1.165, 1.54) is 38.5 Å². The molecule has 0 spiro atoms. The Morgan fingerprint density at radius 3 is 2.12 bits per heavy atom. The van der Waals surface area contributed by atoms with Gasteiger partial charge in [-0.05, 0) is 49.9 Å². The Morgan fingerprint density at radius 2 is 1.47 bits per heavy atom. The molecule has 1 aromatic heterocycles. The van der Waals surface area contributed by atoms with Crippen molar-refractivity contribution in [3.63, 3.8) is 0 Å². The normalized spacial score (nSPS) is 18.2. The Morgan fingerprint density at radius 1 is 0.875 bits per heavy atom. The molecule has 1 heterocycles. The summed E-state index contributed by atoms with van der Waals surface area (Å²) in [6.45, 7) is 0.314. The molecule has 0 saturated heterocycles. The van der Waals surface area contributed by atoms with E-state index in [0.29, 0.717) is 23.7 Å². The summed E-state index contributed by atoms with van der Waals surface area (Å²) in [5.41, 5.74) is 2.76. The number of halogens is 1. The fraction of sp³-hybridized carbons (Fsp3) is 0.481. The molecule has 2 saturated carbocycles. The average Bonchev–Trinajstić information content (AvgIpc) is 3.19. The number of hydrogen-bond acceptors (Lipinski definition) is 2. The molecule has 0 unspecified atom stereocenters. The zero-order valence-electron chi connectivity index (χ0n) is 18.7. The highest BCUT2D eigenvalue weighted by atomic mass is 35.5. The van der Waals surface area contributed by atoms with E-state index in [0.717, 1.165) is 48.1 Å². The van der Waals surface area contributed by atoms with Crippen molar-refractivity contribution in [1.82, 2.24) is 14.5 Å². The first-order valence-corrected chi connectivity index (χ1v) is 12.6. The maximum absolute atomic E-state index is 14.0. The Kier molecular flexibility index (Phi) is 6.49. The second kappa shape index (κ2) is 9.66. The van der Waals surface area contributed by atoms with Crippen molar-refractivity contribution >= 4 is 28.5 Å². The highest BCUT2D eigenvalue weighted by Gasteiger charge is 2.33. The number of imidazole rings is 1. The minimum absolute atomic E-state index is 0.236. The van der Waals surface area contributed by atoms with Crippen molar-refractivity contribution in [3.8, 4) is 11.4 Å². The number of carbonyl (C=O) groups is 1.